The summed E-state index contributed by atoms with van der Waals surface area (Å²) in [6, 6.07) is 3.36. The van der Waals surface area contributed by atoms with Gasteiger partial charge in [-0.2, -0.15) is 0 Å². The molecule has 102 valence electrons. The second-order valence-corrected chi connectivity index (χ2v) is 4.35. The summed E-state index contributed by atoms with van der Waals surface area (Å²) in [5.41, 5.74) is -0.451. The van der Waals surface area contributed by atoms with Crippen LogP contribution in [0.15, 0.2) is 18.2 Å². The van der Waals surface area contributed by atoms with Gasteiger partial charge in [-0.1, -0.05) is 6.07 Å². The summed E-state index contributed by atoms with van der Waals surface area (Å²) in [4.78, 5) is 23.6. The van der Waals surface area contributed by atoms with Crippen LogP contribution in [0.5, 0.6) is 0 Å². The van der Waals surface area contributed by atoms with E-state index < -0.39 is 23.2 Å². The third-order valence-electron chi connectivity index (χ3n) is 2.85. The van der Waals surface area contributed by atoms with E-state index in [1.807, 2.05) is 0 Å². The van der Waals surface area contributed by atoms with Crippen LogP contribution in [0.25, 0.3) is 0 Å². The van der Waals surface area contributed by atoms with Gasteiger partial charge in [-0.3, -0.25) is 9.59 Å². The van der Waals surface area contributed by atoms with Gasteiger partial charge in [-0.25, -0.2) is 8.78 Å². The van der Waals surface area contributed by atoms with E-state index in [9.17, 15) is 18.4 Å². The number of hydrogen-bond acceptors (Lipinski definition) is 2. The second-order valence-electron chi connectivity index (χ2n) is 4.35. The number of amides is 2. The lowest BCUT2D eigenvalue weighted by molar-refractivity contribution is -0.885. The van der Waals surface area contributed by atoms with Crippen LogP contribution in [0, 0.1) is 11.6 Å². The molecule has 1 aliphatic rings. The molecule has 1 aliphatic heterocycles. The fourth-order valence-electron chi connectivity index (χ4n) is 1.94. The minimum Gasteiger partial charge on any atom is -0.346 e. The maximum Gasteiger partial charge on any atom is 0.279 e. The Bertz CT molecular complexity index is 487. The van der Waals surface area contributed by atoms with Crippen molar-refractivity contribution in [1.82, 2.24) is 5.32 Å². The highest BCUT2D eigenvalue weighted by Crippen LogP contribution is 2.17. The first kappa shape index (κ1) is 13.4. The van der Waals surface area contributed by atoms with Crippen molar-refractivity contribution < 1.29 is 23.3 Å². The number of para-hydroxylation sites is 1. The van der Waals surface area contributed by atoms with Crippen molar-refractivity contribution in [3.05, 3.63) is 29.8 Å². The average Bonchev–Trinajstić information content (AvgIpc) is 2.34. The normalized spacial score (nSPS) is 18.8. The third-order valence-corrected chi connectivity index (χ3v) is 2.85. The molecule has 0 saturated carbocycles. The molecular weight excluding hydrogens is 256 g/mol. The van der Waals surface area contributed by atoms with Crippen molar-refractivity contribution in [3.8, 4) is 0 Å². The largest absolute Gasteiger partial charge is 0.346 e. The van der Waals surface area contributed by atoms with Crippen molar-refractivity contribution in [3.63, 3.8) is 0 Å². The summed E-state index contributed by atoms with van der Waals surface area (Å²) in [5.74, 6) is -2.29. The van der Waals surface area contributed by atoms with E-state index in [1.165, 1.54) is 6.07 Å². The molecule has 1 heterocycles. The minimum atomic E-state index is -0.820. The molecule has 1 atom stereocenters. The Morgan fingerprint density at radius 2 is 2.05 bits per heavy atom. The van der Waals surface area contributed by atoms with Crippen LogP contribution in [-0.4, -0.2) is 38.0 Å². The summed E-state index contributed by atoms with van der Waals surface area (Å²) >= 11 is 0. The first-order chi connectivity index (χ1) is 9.06. The number of hydrogen-bond donors (Lipinski definition) is 3. The Morgan fingerprint density at radius 1 is 1.37 bits per heavy atom. The van der Waals surface area contributed by atoms with E-state index in [0.29, 0.717) is 13.1 Å². The van der Waals surface area contributed by atoms with Crippen molar-refractivity contribution in [2.75, 3.05) is 31.5 Å². The molecule has 2 amide bonds. The highest BCUT2D eigenvalue weighted by molar-refractivity contribution is 5.91. The Morgan fingerprint density at radius 3 is 2.68 bits per heavy atom. The number of piperazine rings is 1. The van der Waals surface area contributed by atoms with Gasteiger partial charge in [-0.05, 0) is 12.1 Å². The van der Waals surface area contributed by atoms with E-state index in [2.05, 4.69) is 10.6 Å². The minimum absolute atomic E-state index is 0.00118. The van der Waals surface area contributed by atoms with Crippen LogP contribution < -0.4 is 15.5 Å². The molecule has 0 aromatic heterocycles. The van der Waals surface area contributed by atoms with Crippen LogP contribution in [0.3, 0.4) is 0 Å². The lowest BCUT2D eigenvalue weighted by Gasteiger charge is -2.22. The van der Waals surface area contributed by atoms with Gasteiger partial charge in [0.15, 0.2) is 13.1 Å². The molecule has 0 aliphatic carbocycles. The molecule has 1 unspecified atom stereocenters. The number of anilines is 1. The highest BCUT2D eigenvalue weighted by atomic mass is 19.1. The topological polar surface area (TPSA) is 62.6 Å². The molecular formula is C12H14F2N3O2+. The predicted octanol–water partition coefficient (Wildman–Crippen LogP) is -1.08. The zero-order valence-electron chi connectivity index (χ0n) is 10.1. The maximum atomic E-state index is 13.3. The quantitative estimate of drug-likeness (QED) is 0.654. The Balaban J connectivity index is 1.96. The van der Waals surface area contributed by atoms with E-state index in [-0.39, 0.29) is 19.0 Å². The van der Waals surface area contributed by atoms with Gasteiger partial charge < -0.3 is 15.5 Å². The molecule has 5 nitrogen and oxygen atoms in total. The summed E-state index contributed by atoms with van der Waals surface area (Å²) in [5, 5.41) is 4.84. The zero-order valence-corrected chi connectivity index (χ0v) is 10.1. The first-order valence-electron chi connectivity index (χ1n) is 5.90. The molecule has 1 aromatic rings. The lowest BCUT2D eigenvalue weighted by Crippen LogP contribution is -3.16. The van der Waals surface area contributed by atoms with E-state index in [0.717, 1.165) is 17.0 Å². The van der Waals surface area contributed by atoms with E-state index >= 15 is 0 Å². The molecule has 1 aromatic carbocycles. The number of carbonyl (C=O) groups is 2. The van der Waals surface area contributed by atoms with Crippen LogP contribution >= 0.6 is 0 Å². The monoisotopic (exact) mass is 270 g/mol. The van der Waals surface area contributed by atoms with Gasteiger partial charge in [0.25, 0.3) is 11.8 Å². The fourth-order valence-corrected chi connectivity index (χ4v) is 1.94. The standard InChI is InChI=1S/C12H13F2N3O2/c13-8-2-1-3-9(14)12(8)16-11(19)7-17-5-4-15-10(18)6-17/h1-3H,4-7H2,(H,15,18)(H,16,19)/p+1. The lowest BCUT2D eigenvalue weighted by atomic mass is 10.3. The smallest absolute Gasteiger partial charge is 0.279 e. The zero-order chi connectivity index (χ0) is 13.8. The molecule has 19 heavy (non-hydrogen) atoms. The maximum absolute atomic E-state index is 13.3. The Labute approximate surface area is 108 Å². The number of quaternary nitrogens is 1. The van der Waals surface area contributed by atoms with Crippen LogP contribution in [0.2, 0.25) is 0 Å². The summed E-state index contributed by atoms with van der Waals surface area (Å²) in [7, 11) is 0. The van der Waals surface area contributed by atoms with Gasteiger partial charge in [0.1, 0.15) is 17.3 Å². The van der Waals surface area contributed by atoms with Crippen molar-refractivity contribution in [2.45, 2.75) is 0 Å². The second kappa shape index (κ2) is 5.75. The average molecular weight is 270 g/mol. The van der Waals surface area contributed by atoms with Crippen molar-refractivity contribution in [2.24, 2.45) is 0 Å². The fraction of sp³-hybridized carbons (Fsp3) is 0.333. The number of benzene rings is 1. The third kappa shape index (κ3) is 3.47. The van der Waals surface area contributed by atoms with Crippen LogP contribution in [0.4, 0.5) is 14.5 Å². The molecule has 2 rings (SSSR count). The Kier molecular flexibility index (Phi) is 4.06. The van der Waals surface area contributed by atoms with E-state index in [1.54, 1.807) is 0 Å². The predicted molar refractivity (Wildman–Crippen MR) is 63.6 cm³/mol. The molecule has 1 saturated heterocycles. The molecule has 0 bridgehead atoms. The van der Waals surface area contributed by atoms with Crippen LogP contribution in [-0.2, 0) is 9.59 Å². The first-order valence-corrected chi connectivity index (χ1v) is 5.90. The van der Waals surface area contributed by atoms with Gasteiger partial charge >= 0.3 is 0 Å². The molecule has 3 N–H and O–H groups in total. The summed E-state index contributed by atoms with van der Waals surface area (Å²) in [6.45, 7) is 1.29. The van der Waals surface area contributed by atoms with Crippen molar-refractivity contribution >= 4 is 17.5 Å². The highest BCUT2D eigenvalue weighted by Gasteiger charge is 2.23. The molecule has 7 heteroatoms. The summed E-state index contributed by atoms with van der Waals surface area (Å²) in [6.07, 6.45) is 0. The van der Waals surface area contributed by atoms with Crippen molar-refractivity contribution in [1.29, 1.82) is 0 Å². The number of nitrogens with one attached hydrogen (secondary N) is 3. The van der Waals surface area contributed by atoms with Crippen LogP contribution in [0.1, 0.15) is 0 Å². The molecule has 1 fully saturated rings. The number of halogens is 2. The van der Waals surface area contributed by atoms with Gasteiger partial charge in [0.2, 0.25) is 0 Å². The number of rotatable bonds is 3. The van der Waals surface area contributed by atoms with E-state index in [4.69, 9.17) is 0 Å². The molecule has 0 spiro atoms. The number of carbonyl (C=O) groups excluding carboxylic acids is 2. The SMILES string of the molecule is O=C1C[NH+](CC(=O)Nc2c(F)cccc2F)CCN1. The van der Waals surface area contributed by atoms with Gasteiger partial charge in [0, 0.05) is 0 Å². The Hall–Kier alpha value is -2.02. The van der Waals surface area contributed by atoms with Gasteiger partial charge in [-0.15, -0.1) is 0 Å². The summed E-state index contributed by atoms with van der Waals surface area (Å²) < 4.78 is 26.7. The van der Waals surface area contributed by atoms with Gasteiger partial charge in [0.05, 0.1) is 13.1 Å². The molecule has 0 radical (unpaired) electrons.